The lowest BCUT2D eigenvalue weighted by Crippen LogP contribution is -2.20. The molecule has 2 aliphatic rings. The second-order valence-electron chi connectivity index (χ2n) is 9.89. The molecule has 0 N–H and O–H groups in total. The average Bonchev–Trinajstić information content (AvgIpc) is 3.57. The Morgan fingerprint density at radius 2 is 1.33 bits per heavy atom. The van der Waals surface area contributed by atoms with Crippen LogP contribution >= 0.6 is 11.3 Å². The molecule has 2 aromatic carbocycles. The molecule has 202 valence electrons. The van der Waals surface area contributed by atoms with E-state index in [9.17, 15) is 15.8 Å². The molecule has 5 rings (SSSR count). The number of hydrogen-bond acceptors (Lipinski definition) is 6. The van der Waals surface area contributed by atoms with Crippen LogP contribution in [-0.2, 0) is 9.47 Å². The van der Waals surface area contributed by atoms with E-state index in [1.54, 1.807) is 11.3 Å². The lowest BCUT2D eigenvalue weighted by molar-refractivity contribution is 0.0954. The van der Waals surface area contributed by atoms with Gasteiger partial charge in [-0.25, -0.2) is 0 Å². The summed E-state index contributed by atoms with van der Waals surface area (Å²) in [5.74, 6) is 1.62. The number of rotatable bonds is 6. The first-order valence-corrected chi connectivity index (χ1v) is 14.0. The lowest BCUT2D eigenvalue weighted by Gasteiger charge is -2.20. The zero-order valence-electron chi connectivity index (χ0n) is 23.0. The third kappa shape index (κ3) is 6.08. The molecule has 0 saturated carbocycles. The van der Waals surface area contributed by atoms with Crippen LogP contribution in [0.2, 0.25) is 0 Å². The molecule has 0 radical (unpaired) electrons. The summed E-state index contributed by atoms with van der Waals surface area (Å²) >= 11 is 1.60. The van der Waals surface area contributed by atoms with Crippen molar-refractivity contribution in [1.82, 2.24) is 0 Å². The molecule has 1 aromatic heterocycles. The highest BCUT2D eigenvalue weighted by Gasteiger charge is 2.38. The standard InChI is InChI=1S/C36H25N3O2S/c1-36(2)32(31(24-39)35(41-36)28(22-37)23-38)19-18-30-17-16-29(42-30)15-9-10-25-20-33(26-11-5-3-6-12-26)40-34(21-25)27-13-7-4-8-14-27/h3-21H,1-2H3/b15-9+,19-18+. The van der Waals surface area contributed by atoms with Crippen molar-refractivity contribution in [3.8, 4) is 18.2 Å². The van der Waals surface area contributed by atoms with E-state index in [-0.39, 0.29) is 16.9 Å². The molecule has 0 bridgehead atoms. The van der Waals surface area contributed by atoms with Gasteiger partial charge in [0.15, 0.2) is 11.3 Å². The fourth-order valence-corrected chi connectivity index (χ4v) is 5.38. The fourth-order valence-electron chi connectivity index (χ4n) is 4.56. The molecular formula is C36H25N3O2S. The van der Waals surface area contributed by atoms with Crippen molar-refractivity contribution in [3.63, 3.8) is 0 Å². The van der Waals surface area contributed by atoms with Gasteiger partial charge in [-0.1, -0.05) is 78.9 Å². The van der Waals surface area contributed by atoms with E-state index < -0.39 is 5.60 Å². The van der Waals surface area contributed by atoms with Crippen LogP contribution < -0.4 is 0 Å². The van der Waals surface area contributed by atoms with E-state index in [0.717, 1.165) is 38.0 Å². The highest BCUT2D eigenvalue weighted by Crippen LogP contribution is 2.40. The summed E-state index contributed by atoms with van der Waals surface area (Å²) in [6.45, 7) is 3.62. The third-order valence-corrected chi connectivity index (χ3v) is 7.62. The summed E-state index contributed by atoms with van der Waals surface area (Å²) < 4.78 is 12.1. The van der Waals surface area contributed by atoms with Gasteiger partial charge in [-0.3, -0.25) is 0 Å². The molecule has 0 fully saturated rings. The van der Waals surface area contributed by atoms with Crippen molar-refractivity contribution in [3.05, 3.63) is 152 Å². The zero-order valence-corrected chi connectivity index (χ0v) is 23.9. The van der Waals surface area contributed by atoms with Gasteiger partial charge in [-0.05, 0) is 55.9 Å². The minimum atomic E-state index is -0.843. The highest BCUT2D eigenvalue weighted by atomic mass is 32.1. The maximum absolute atomic E-state index is 9.74. The van der Waals surface area contributed by atoms with Gasteiger partial charge in [0.25, 0.3) is 0 Å². The molecule has 6 heteroatoms. The average molecular weight is 564 g/mol. The highest BCUT2D eigenvalue weighted by molar-refractivity contribution is 7.13. The van der Waals surface area contributed by atoms with Crippen molar-refractivity contribution in [2.24, 2.45) is 0 Å². The van der Waals surface area contributed by atoms with Gasteiger partial charge in [0, 0.05) is 26.5 Å². The normalized spacial score (nSPS) is 15.8. The summed E-state index contributed by atoms with van der Waals surface area (Å²) in [4.78, 5) is 2.05. The summed E-state index contributed by atoms with van der Waals surface area (Å²) in [7, 11) is 0. The first-order chi connectivity index (χ1) is 20.4. The van der Waals surface area contributed by atoms with Crippen LogP contribution in [-0.4, -0.2) is 5.60 Å². The monoisotopic (exact) mass is 563 g/mol. The number of benzene rings is 2. The van der Waals surface area contributed by atoms with Crippen molar-refractivity contribution in [2.75, 3.05) is 0 Å². The summed E-state index contributed by atoms with van der Waals surface area (Å²) in [6.07, 6.45) is 13.9. The van der Waals surface area contributed by atoms with Crippen molar-refractivity contribution in [1.29, 1.82) is 15.8 Å². The smallest absolute Gasteiger partial charge is 0.172 e. The molecule has 3 heterocycles. The van der Waals surface area contributed by atoms with Crippen LogP contribution in [0.5, 0.6) is 0 Å². The van der Waals surface area contributed by atoms with E-state index in [1.165, 1.54) is 0 Å². The topological polar surface area (TPSA) is 89.8 Å². The van der Waals surface area contributed by atoms with E-state index in [1.807, 2.05) is 135 Å². The second kappa shape index (κ2) is 12.3. The molecule has 0 atom stereocenters. The van der Waals surface area contributed by atoms with Crippen LogP contribution in [0, 0.1) is 34.0 Å². The molecule has 5 nitrogen and oxygen atoms in total. The van der Waals surface area contributed by atoms with E-state index in [0.29, 0.717) is 5.57 Å². The summed E-state index contributed by atoms with van der Waals surface area (Å²) in [6, 6.07) is 29.9. The fraction of sp³-hybridized carbons (Fsp3) is 0.0833. The lowest BCUT2D eigenvalue weighted by atomic mass is 9.94. The third-order valence-electron chi connectivity index (χ3n) is 6.61. The first-order valence-electron chi connectivity index (χ1n) is 13.2. The number of nitrogens with zero attached hydrogens (tertiary/aromatic N) is 3. The van der Waals surface area contributed by atoms with E-state index in [2.05, 4.69) is 12.1 Å². The Balaban J connectivity index is 1.39. The number of ether oxygens (including phenoxy) is 2. The molecule has 3 aromatic rings. The van der Waals surface area contributed by atoms with Crippen LogP contribution in [0.4, 0.5) is 0 Å². The quantitative estimate of drug-likeness (QED) is 0.280. The molecule has 0 amide bonds. The van der Waals surface area contributed by atoms with Gasteiger partial charge in [-0.2, -0.15) is 15.8 Å². The van der Waals surface area contributed by atoms with Crippen molar-refractivity contribution in [2.45, 2.75) is 19.4 Å². The second-order valence-corrected chi connectivity index (χ2v) is 11.0. The summed E-state index contributed by atoms with van der Waals surface area (Å²) in [5.41, 5.74) is 2.82. The Bertz CT molecular complexity index is 1790. The SMILES string of the molecule is CC1(C)OC(=C(C#N)C#N)C(C#N)=C1/C=C/c1ccc(/C=C/C=C2C=C(c3ccccc3)OC(c3ccccc3)=C2)s1. The van der Waals surface area contributed by atoms with Crippen LogP contribution in [0.25, 0.3) is 23.7 Å². The molecule has 0 saturated heterocycles. The predicted molar refractivity (Wildman–Crippen MR) is 166 cm³/mol. The Hall–Kier alpha value is -5.61. The van der Waals surface area contributed by atoms with Crippen LogP contribution in [0.15, 0.2) is 131 Å². The Kier molecular flexibility index (Phi) is 8.17. The van der Waals surface area contributed by atoms with Gasteiger partial charge in [-0.15, -0.1) is 11.3 Å². The Morgan fingerprint density at radius 3 is 1.88 bits per heavy atom. The molecule has 0 spiro atoms. The van der Waals surface area contributed by atoms with E-state index in [4.69, 9.17) is 9.47 Å². The van der Waals surface area contributed by atoms with Gasteiger partial charge >= 0.3 is 0 Å². The van der Waals surface area contributed by atoms with Gasteiger partial charge < -0.3 is 9.47 Å². The minimum Gasteiger partial charge on any atom is -0.480 e. The van der Waals surface area contributed by atoms with Gasteiger partial charge in [0.1, 0.15) is 40.9 Å². The molecule has 0 aliphatic carbocycles. The van der Waals surface area contributed by atoms with Crippen molar-refractivity contribution < 1.29 is 9.47 Å². The van der Waals surface area contributed by atoms with Crippen LogP contribution in [0.1, 0.15) is 34.7 Å². The number of hydrogen-bond donors (Lipinski definition) is 0. The number of thiophene rings is 1. The largest absolute Gasteiger partial charge is 0.480 e. The molecule has 2 aliphatic heterocycles. The van der Waals surface area contributed by atoms with Gasteiger partial charge in [0.05, 0.1) is 0 Å². The summed E-state index contributed by atoms with van der Waals surface area (Å²) in [5, 5.41) is 28.3. The molecule has 42 heavy (non-hydrogen) atoms. The molecule has 0 unspecified atom stereocenters. The van der Waals surface area contributed by atoms with Crippen molar-refractivity contribution >= 4 is 35.0 Å². The number of allylic oxidation sites excluding steroid dienone is 7. The van der Waals surface area contributed by atoms with E-state index >= 15 is 0 Å². The predicted octanol–water partition coefficient (Wildman–Crippen LogP) is 8.74. The maximum Gasteiger partial charge on any atom is 0.172 e. The van der Waals surface area contributed by atoms with Gasteiger partial charge in [0.2, 0.25) is 0 Å². The van der Waals surface area contributed by atoms with Crippen LogP contribution in [0.3, 0.4) is 0 Å². The minimum absolute atomic E-state index is 0.0389. The molecular weight excluding hydrogens is 538 g/mol. The number of nitriles is 3. The Labute approximate surface area is 249 Å². The Morgan fingerprint density at radius 1 is 0.762 bits per heavy atom. The maximum atomic E-state index is 9.74. The zero-order chi connectivity index (χ0) is 29.5. The first kappa shape index (κ1) is 27.9.